The Labute approximate surface area is 94.6 Å². The second-order valence-electron chi connectivity index (χ2n) is 4.16. The van der Waals surface area contributed by atoms with Gasteiger partial charge in [0, 0.05) is 18.8 Å². The van der Waals surface area contributed by atoms with Crippen LogP contribution in [0.5, 0.6) is 0 Å². The summed E-state index contributed by atoms with van der Waals surface area (Å²) < 4.78 is 1.82. The SMILES string of the molecule is Cn1ncnc1SCCC1CCCC1N. The molecule has 1 aromatic heterocycles. The molecule has 0 saturated heterocycles. The minimum Gasteiger partial charge on any atom is -0.327 e. The van der Waals surface area contributed by atoms with Crippen LogP contribution in [-0.4, -0.2) is 26.6 Å². The first-order valence-electron chi connectivity index (χ1n) is 5.50. The van der Waals surface area contributed by atoms with Crippen molar-refractivity contribution in [2.24, 2.45) is 18.7 Å². The molecule has 15 heavy (non-hydrogen) atoms. The fourth-order valence-corrected chi connectivity index (χ4v) is 3.10. The Hall–Kier alpha value is -0.550. The molecule has 2 N–H and O–H groups in total. The fraction of sp³-hybridized carbons (Fsp3) is 0.800. The molecule has 2 atom stereocenters. The largest absolute Gasteiger partial charge is 0.327 e. The Morgan fingerprint density at radius 3 is 3.07 bits per heavy atom. The smallest absolute Gasteiger partial charge is 0.185 e. The molecule has 1 aliphatic rings. The predicted octanol–water partition coefficient (Wildman–Crippen LogP) is 1.42. The van der Waals surface area contributed by atoms with Gasteiger partial charge in [0.25, 0.3) is 0 Å². The molecular formula is C10H18N4S. The first kappa shape index (κ1) is 11.0. The molecule has 1 aromatic rings. The summed E-state index contributed by atoms with van der Waals surface area (Å²) in [6, 6.07) is 0.435. The van der Waals surface area contributed by atoms with Gasteiger partial charge in [0.15, 0.2) is 5.16 Å². The maximum Gasteiger partial charge on any atom is 0.185 e. The van der Waals surface area contributed by atoms with Crippen LogP contribution in [0.3, 0.4) is 0 Å². The second kappa shape index (κ2) is 4.99. The van der Waals surface area contributed by atoms with E-state index in [0.29, 0.717) is 6.04 Å². The Balaban J connectivity index is 1.73. The van der Waals surface area contributed by atoms with Crippen LogP contribution in [0.25, 0.3) is 0 Å². The summed E-state index contributed by atoms with van der Waals surface area (Å²) in [6.45, 7) is 0. The maximum atomic E-state index is 6.03. The zero-order valence-corrected chi connectivity index (χ0v) is 9.91. The summed E-state index contributed by atoms with van der Waals surface area (Å²) in [5, 5.41) is 5.04. The Morgan fingerprint density at radius 1 is 1.60 bits per heavy atom. The van der Waals surface area contributed by atoms with Gasteiger partial charge in [-0.3, -0.25) is 0 Å². The molecule has 1 heterocycles. The minimum atomic E-state index is 0.435. The van der Waals surface area contributed by atoms with Crippen LogP contribution >= 0.6 is 11.8 Å². The predicted molar refractivity (Wildman–Crippen MR) is 61.7 cm³/mol. The molecule has 0 aliphatic heterocycles. The molecule has 1 aliphatic carbocycles. The van der Waals surface area contributed by atoms with Crippen LogP contribution in [0.4, 0.5) is 0 Å². The Morgan fingerprint density at radius 2 is 2.47 bits per heavy atom. The summed E-state index contributed by atoms with van der Waals surface area (Å²) >= 11 is 1.78. The van der Waals surface area contributed by atoms with Crippen molar-refractivity contribution in [2.45, 2.75) is 36.9 Å². The summed E-state index contributed by atoms with van der Waals surface area (Å²) in [7, 11) is 1.93. The molecule has 1 saturated carbocycles. The number of thioether (sulfide) groups is 1. The summed E-state index contributed by atoms with van der Waals surface area (Å²) in [6.07, 6.45) is 6.63. The molecular weight excluding hydrogens is 208 g/mol. The fourth-order valence-electron chi connectivity index (χ4n) is 2.14. The molecule has 2 rings (SSSR count). The van der Waals surface area contributed by atoms with E-state index < -0.39 is 0 Å². The lowest BCUT2D eigenvalue weighted by molar-refractivity contribution is 0.470. The van der Waals surface area contributed by atoms with Crippen LogP contribution in [0.1, 0.15) is 25.7 Å². The highest BCUT2D eigenvalue weighted by Gasteiger charge is 2.23. The third kappa shape index (κ3) is 2.72. The molecule has 5 heteroatoms. The number of aryl methyl sites for hydroxylation is 1. The van der Waals surface area contributed by atoms with E-state index in [1.165, 1.54) is 25.7 Å². The third-order valence-electron chi connectivity index (χ3n) is 3.11. The standard InChI is InChI=1S/C10H18N4S/c1-14-10(12-7-13-14)15-6-5-8-3-2-4-9(8)11/h7-9H,2-6,11H2,1H3. The van der Waals surface area contributed by atoms with Gasteiger partial charge in [0.2, 0.25) is 0 Å². The highest BCUT2D eigenvalue weighted by molar-refractivity contribution is 7.99. The van der Waals surface area contributed by atoms with Gasteiger partial charge in [-0.2, -0.15) is 5.10 Å². The first-order chi connectivity index (χ1) is 7.27. The van der Waals surface area contributed by atoms with Crippen molar-refractivity contribution in [3.05, 3.63) is 6.33 Å². The number of hydrogen-bond donors (Lipinski definition) is 1. The topological polar surface area (TPSA) is 56.7 Å². The lowest BCUT2D eigenvalue weighted by atomic mass is 10.0. The first-order valence-corrected chi connectivity index (χ1v) is 6.48. The number of aromatic nitrogens is 3. The van der Waals surface area contributed by atoms with E-state index in [2.05, 4.69) is 10.1 Å². The zero-order valence-electron chi connectivity index (χ0n) is 9.09. The maximum absolute atomic E-state index is 6.03. The summed E-state index contributed by atoms with van der Waals surface area (Å²) in [4.78, 5) is 4.18. The molecule has 0 amide bonds. The van der Waals surface area contributed by atoms with Crippen LogP contribution in [-0.2, 0) is 7.05 Å². The normalized spacial score (nSPS) is 26.0. The quantitative estimate of drug-likeness (QED) is 0.789. The van der Waals surface area contributed by atoms with Crippen molar-refractivity contribution >= 4 is 11.8 Å². The number of nitrogens with zero attached hydrogens (tertiary/aromatic N) is 3. The molecule has 0 spiro atoms. The van der Waals surface area contributed by atoms with Crippen molar-refractivity contribution in [3.63, 3.8) is 0 Å². The van der Waals surface area contributed by atoms with Gasteiger partial charge in [-0.15, -0.1) is 0 Å². The van der Waals surface area contributed by atoms with E-state index >= 15 is 0 Å². The number of rotatable bonds is 4. The van der Waals surface area contributed by atoms with E-state index in [1.807, 2.05) is 11.7 Å². The van der Waals surface area contributed by atoms with Crippen molar-refractivity contribution in [1.29, 1.82) is 0 Å². The van der Waals surface area contributed by atoms with Gasteiger partial charge in [-0.05, 0) is 25.2 Å². The highest BCUT2D eigenvalue weighted by atomic mass is 32.2. The molecule has 1 fully saturated rings. The van der Waals surface area contributed by atoms with Crippen molar-refractivity contribution in [3.8, 4) is 0 Å². The van der Waals surface area contributed by atoms with Gasteiger partial charge < -0.3 is 5.73 Å². The minimum absolute atomic E-state index is 0.435. The summed E-state index contributed by atoms with van der Waals surface area (Å²) in [5.41, 5.74) is 6.03. The Kier molecular flexibility index (Phi) is 3.64. The lowest BCUT2D eigenvalue weighted by Gasteiger charge is -2.13. The number of nitrogens with two attached hydrogens (primary N) is 1. The molecule has 0 aromatic carbocycles. The van der Waals surface area contributed by atoms with Gasteiger partial charge in [-0.25, -0.2) is 9.67 Å². The van der Waals surface area contributed by atoms with Crippen LogP contribution in [0.15, 0.2) is 11.5 Å². The molecule has 4 nitrogen and oxygen atoms in total. The van der Waals surface area contributed by atoms with E-state index in [0.717, 1.165) is 16.8 Å². The van der Waals surface area contributed by atoms with E-state index in [-0.39, 0.29) is 0 Å². The lowest BCUT2D eigenvalue weighted by Crippen LogP contribution is -2.24. The molecule has 0 radical (unpaired) electrons. The Bertz CT molecular complexity index is 312. The van der Waals surface area contributed by atoms with E-state index in [9.17, 15) is 0 Å². The molecule has 2 unspecified atom stereocenters. The van der Waals surface area contributed by atoms with Gasteiger partial charge in [0.05, 0.1) is 0 Å². The van der Waals surface area contributed by atoms with Crippen LogP contribution in [0, 0.1) is 5.92 Å². The van der Waals surface area contributed by atoms with E-state index in [1.54, 1.807) is 18.1 Å². The molecule has 0 bridgehead atoms. The van der Waals surface area contributed by atoms with Gasteiger partial charge in [-0.1, -0.05) is 18.2 Å². The molecule has 84 valence electrons. The van der Waals surface area contributed by atoms with Crippen molar-refractivity contribution in [2.75, 3.05) is 5.75 Å². The van der Waals surface area contributed by atoms with E-state index in [4.69, 9.17) is 5.73 Å². The van der Waals surface area contributed by atoms with Crippen LogP contribution in [0.2, 0.25) is 0 Å². The average Bonchev–Trinajstić information content (AvgIpc) is 2.78. The van der Waals surface area contributed by atoms with Gasteiger partial charge >= 0.3 is 0 Å². The van der Waals surface area contributed by atoms with Crippen molar-refractivity contribution in [1.82, 2.24) is 14.8 Å². The summed E-state index contributed by atoms with van der Waals surface area (Å²) in [5.74, 6) is 1.83. The van der Waals surface area contributed by atoms with Gasteiger partial charge in [0.1, 0.15) is 6.33 Å². The van der Waals surface area contributed by atoms with Crippen LogP contribution < -0.4 is 5.73 Å². The second-order valence-corrected chi connectivity index (χ2v) is 5.22. The zero-order chi connectivity index (χ0) is 10.7. The monoisotopic (exact) mass is 226 g/mol. The van der Waals surface area contributed by atoms with Crippen molar-refractivity contribution < 1.29 is 0 Å². The third-order valence-corrected chi connectivity index (χ3v) is 4.18. The average molecular weight is 226 g/mol. The highest BCUT2D eigenvalue weighted by Crippen LogP contribution is 2.28. The number of hydrogen-bond acceptors (Lipinski definition) is 4.